The molecule has 1 aromatic carbocycles. The van der Waals surface area contributed by atoms with Gasteiger partial charge in [-0.2, -0.15) is 0 Å². The minimum absolute atomic E-state index is 0.00277. The van der Waals surface area contributed by atoms with Crippen molar-refractivity contribution in [2.75, 3.05) is 26.9 Å². The number of hydrogen-bond donors (Lipinski definition) is 1. The molecule has 3 heterocycles. The second-order valence-electron chi connectivity index (χ2n) is 11.7. The fraction of sp³-hybridized carbons (Fsp3) is 0.655. The summed E-state index contributed by atoms with van der Waals surface area (Å²) in [6.07, 6.45) is 2.65. The minimum Gasteiger partial charge on any atom is -0.493 e. The van der Waals surface area contributed by atoms with E-state index in [1.165, 1.54) is 12.0 Å². The number of alkyl carbamates (subject to hydrolysis) is 1. The number of cyclic esters (lactones) is 1. The number of methoxy groups -OCH3 is 1. The molecule has 0 saturated carbocycles. The van der Waals surface area contributed by atoms with Gasteiger partial charge in [0.05, 0.1) is 33.4 Å². The average Bonchev–Trinajstić information content (AvgIpc) is 3.54. The van der Waals surface area contributed by atoms with Crippen molar-refractivity contribution in [3.8, 4) is 5.75 Å². The molecular formula is C29H41N3O8. The third-order valence-electron chi connectivity index (χ3n) is 7.64. The predicted molar refractivity (Wildman–Crippen MR) is 144 cm³/mol. The highest BCUT2D eigenvalue weighted by atomic mass is 16.6. The number of carbonyl (C=O) groups excluding carboxylic acids is 4. The molecule has 11 nitrogen and oxygen atoms in total. The van der Waals surface area contributed by atoms with Crippen LogP contribution in [0.25, 0.3) is 0 Å². The molecule has 1 fully saturated rings. The minimum atomic E-state index is -0.967. The van der Waals surface area contributed by atoms with E-state index in [-0.39, 0.29) is 19.6 Å². The van der Waals surface area contributed by atoms with E-state index in [1.54, 1.807) is 4.90 Å². The van der Waals surface area contributed by atoms with Gasteiger partial charge in [-0.15, -0.1) is 0 Å². The normalized spacial score (nSPS) is 25.1. The number of fused-ring (bicyclic) bond motifs is 3. The van der Waals surface area contributed by atoms with E-state index in [9.17, 15) is 19.2 Å². The van der Waals surface area contributed by atoms with Crippen molar-refractivity contribution in [2.45, 2.75) is 90.6 Å². The van der Waals surface area contributed by atoms with Gasteiger partial charge in [-0.05, 0) is 29.9 Å². The first-order chi connectivity index (χ1) is 19.1. The summed E-state index contributed by atoms with van der Waals surface area (Å²) in [5.74, 6) is -0.301. The lowest BCUT2D eigenvalue weighted by Gasteiger charge is -2.34. The molecule has 1 saturated heterocycles. The Morgan fingerprint density at radius 1 is 1.00 bits per heavy atom. The molecule has 4 rings (SSSR count). The third kappa shape index (κ3) is 6.98. The van der Waals surface area contributed by atoms with Gasteiger partial charge in [-0.25, -0.2) is 14.4 Å². The van der Waals surface area contributed by atoms with E-state index in [0.717, 1.165) is 42.6 Å². The molecule has 3 atom stereocenters. The molecule has 0 radical (unpaired) electrons. The number of amides is 3. The molecule has 0 spiro atoms. The predicted octanol–water partition coefficient (Wildman–Crippen LogP) is 3.77. The topological polar surface area (TPSA) is 124 Å². The van der Waals surface area contributed by atoms with Crippen molar-refractivity contribution >= 4 is 24.1 Å². The molecule has 3 amide bonds. The van der Waals surface area contributed by atoms with Gasteiger partial charge in [-0.1, -0.05) is 52.2 Å². The molecule has 11 heteroatoms. The third-order valence-corrected chi connectivity index (χ3v) is 7.64. The van der Waals surface area contributed by atoms with E-state index in [0.29, 0.717) is 26.1 Å². The maximum absolute atomic E-state index is 13.8. The Kier molecular flexibility index (Phi) is 9.42. The number of nitrogens with one attached hydrogen (secondary N) is 1. The second kappa shape index (κ2) is 12.8. The molecule has 0 aromatic heterocycles. The van der Waals surface area contributed by atoms with Gasteiger partial charge in [0.2, 0.25) is 5.91 Å². The zero-order valence-corrected chi connectivity index (χ0v) is 23.9. The van der Waals surface area contributed by atoms with E-state index in [4.69, 9.17) is 18.9 Å². The van der Waals surface area contributed by atoms with Crippen molar-refractivity contribution in [2.24, 2.45) is 5.41 Å². The van der Waals surface area contributed by atoms with E-state index in [1.807, 2.05) is 39.0 Å². The van der Waals surface area contributed by atoms with Crippen LogP contribution >= 0.6 is 0 Å². The number of hydrogen-bond acceptors (Lipinski definition) is 8. The monoisotopic (exact) mass is 559 g/mol. The van der Waals surface area contributed by atoms with Crippen LogP contribution in [0, 0.1) is 5.41 Å². The van der Waals surface area contributed by atoms with Crippen molar-refractivity contribution in [1.82, 2.24) is 15.1 Å². The van der Waals surface area contributed by atoms with Crippen molar-refractivity contribution in [3.05, 3.63) is 29.3 Å². The maximum atomic E-state index is 13.8. The highest BCUT2D eigenvalue weighted by Crippen LogP contribution is 2.33. The van der Waals surface area contributed by atoms with Gasteiger partial charge in [0.1, 0.15) is 23.9 Å². The summed E-state index contributed by atoms with van der Waals surface area (Å²) in [6.45, 7) is 7.04. The number of benzene rings is 1. The molecule has 220 valence electrons. The summed E-state index contributed by atoms with van der Waals surface area (Å²) >= 11 is 0. The Morgan fingerprint density at radius 3 is 2.40 bits per heavy atom. The van der Waals surface area contributed by atoms with Crippen LogP contribution in [0.3, 0.4) is 0 Å². The van der Waals surface area contributed by atoms with Gasteiger partial charge in [0.25, 0.3) is 0 Å². The first-order valence-corrected chi connectivity index (χ1v) is 14.1. The van der Waals surface area contributed by atoms with Gasteiger partial charge >= 0.3 is 18.2 Å². The fourth-order valence-corrected chi connectivity index (χ4v) is 5.41. The van der Waals surface area contributed by atoms with Crippen LogP contribution in [0.4, 0.5) is 9.59 Å². The van der Waals surface area contributed by atoms with Crippen molar-refractivity contribution in [3.63, 3.8) is 0 Å². The molecule has 0 aliphatic carbocycles. The SMILES string of the molecule is COC(=O)C1C[C@@H]2CN1C(=O)[C@H](C(C)(C)C)NC(=O)OCCCCCCCOc1cccc3c1CN(C3)C(=O)O2. The lowest BCUT2D eigenvalue weighted by molar-refractivity contribution is -0.152. The van der Waals surface area contributed by atoms with Crippen LogP contribution < -0.4 is 10.1 Å². The Morgan fingerprint density at radius 2 is 1.70 bits per heavy atom. The maximum Gasteiger partial charge on any atom is 0.410 e. The van der Waals surface area contributed by atoms with Crippen molar-refractivity contribution in [1.29, 1.82) is 0 Å². The summed E-state index contributed by atoms with van der Waals surface area (Å²) in [5, 5.41) is 2.70. The van der Waals surface area contributed by atoms with Crippen LogP contribution in [0.5, 0.6) is 5.75 Å². The molecule has 4 bridgehead atoms. The van der Waals surface area contributed by atoms with Gasteiger partial charge < -0.3 is 29.2 Å². The first-order valence-electron chi connectivity index (χ1n) is 14.1. The van der Waals surface area contributed by atoms with E-state index < -0.39 is 47.7 Å². The van der Waals surface area contributed by atoms with Crippen LogP contribution in [-0.2, 0) is 36.9 Å². The summed E-state index contributed by atoms with van der Waals surface area (Å²) in [4.78, 5) is 55.2. The van der Waals surface area contributed by atoms with Gasteiger partial charge in [-0.3, -0.25) is 9.69 Å². The fourth-order valence-electron chi connectivity index (χ4n) is 5.41. The number of carbonyl (C=O) groups is 4. The number of ether oxygens (including phenoxy) is 4. The molecule has 1 aromatic rings. The molecular weight excluding hydrogens is 518 g/mol. The number of rotatable bonds is 1. The lowest BCUT2D eigenvalue weighted by Crippen LogP contribution is -2.57. The largest absolute Gasteiger partial charge is 0.493 e. The number of esters is 1. The quantitative estimate of drug-likeness (QED) is 0.408. The van der Waals surface area contributed by atoms with Crippen LogP contribution in [0.2, 0.25) is 0 Å². The van der Waals surface area contributed by atoms with Crippen LogP contribution in [-0.4, -0.2) is 78.9 Å². The Bertz CT molecular complexity index is 1100. The van der Waals surface area contributed by atoms with E-state index in [2.05, 4.69) is 5.32 Å². The molecule has 1 N–H and O–H groups in total. The Hall–Kier alpha value is -3.50. The molecule has 3 aliphatic heterocycles. The molecule has 40 heavy (non-hydrogen) atoms. The number of nitrogens with zero attached hydrogens (tertiary/aromatic N) is 2. The van der Waals surface area contributed by atoms with Gasteiger partial charge in [0.15, 0.2) is 0 Å². The lowest BCUT2D eigenvalue weighted by atomic mass is 9.85. The summed E-state index contributed by atoms with van der Waals surface area (Å²) in [6, 6.07) is 3.90. The molecule has 3 aliphatic rings. The second-order valence-corrected chi connectivity index (χ2v) is 11.7. The zero-order valence-electron chi connectivity index (χ0n) is 23.9. The molecule has 1 unspecified atom stereocenters. The zero-order chi connectivity index (χ0) is 28.9. The first kappa shape index (κ1) is 29.5. The van der Waals surface area contributed by atoms with Crippen LogP contribution in [0.1, 0.15) is 70.4 Å². The standard InChI is InChI=1S/C29H41N3O8/c1-29(2,3)24-25(33)32-17-20(15-22(32)26(34)37-4)40-28(36)31-16-19-11-10-12-23(21(19)18-31)38-13-8-6-5-7-9-14-39-27(35)30-24/h10-12,20,22,24H,5-9,13-18H2,1-4H3,(H,30,35)/t20-,22?,24-/m1/s1. The van der Waals surface area contributed by atoms with E-state index >= 15 is 0 Å². The Labute approximate surface area is 235 Å². The highest BCUT2D eigenvalue weighted by molar-refractivity contribution is 5.91. The highest BCUT2D eigenvalue weighted by Gasteiger charge is 2.47. The summed E-state index contributed by atoms with van der Waals surface area (Å²) in [5.41, 5.74) is 1.30. The summed E-state index contributed by atoms with van der Waals surface area (Å²) in [7, 11) is 1.25. The van der Waals surface area contributed by atoms with Gasteiger partial charge in [0, 0.05) is 18.5 Å². The Balaban J connectivity index is 1.55. The smallest absolute Gasteiger partial charge is 0.410 e. The van der Waals surface area contributed by atoms with Crippen molar-refractivity contribution < 1.29 is 38.1 Å². The van der Waals surface area contributed by atoms with Crippen LogP contribution in [0.15, 0.2) is 18.2 Å². The summed E-state index contributed by atoms with van der Waals surface area (Å²) < 4.78 is 22.2. The average molecular weight is 560 g/mol.